The number of carbonyl (C=O) groups is 1. The van der Waals surface area contributed by atoms with Crippen molar-refractivity contribution in [3.63, 3.8) is 0 Å². The summed E-state index contributed by atoms with van der Waals surface area (Å²) in [5.41, 5.74) is 3.47. The number of aliphatic hydroxyl groups is 1. The van der Waals surface area contributed by atoms with Crippen molar-refractivity contribution >= 4 is 23.2 Å². The summed E-state index contributed by atoms with van der Waals surface area (Å²) in [4.78, 5) is 16.6. The van der Waals surface area contributed by atoms with Gasteiger partial charge in [0.1, 0.15) is 0 Å². The summed E-state index contributed by atoms with van der Waals surface area (Å²) in [7, 11) is 1.53. The number of nitrogens with zero attached hydrogens (tertiary/aromatic N) is 1. The van der Waals surface area contributed by atoms with E-state index in [9.17, 15) is 4.79 Å². The van der Waals surface area contributed by atoms with E-state index in [1.807, 2.05) is 24.3 Å². The molecule has 0 bridgehead atoms. The topological polar surface area (TPSA) is 71.5 Å². The smallest absolute Gasteiger partial charge is 0.255 e. The molecule has 0 aliphatic heterocycles. The number of methoxy groups -OCH3 is 1. The zero-order valence-electron chi connectivity index (χ0n) is 14.1. The van der Waals surface area contributed by atoms with Crippen LogP contribution in [0.25, 0.3) is 11.1 Å². The lowest BCUT2D eigenvalue weighted by atomic mass is 10.0. The Bertz CT molecular complexity index is 909. The third-order valence-corrected chi connectivity index (χ3v) is 4.21. The second-order valence-corrected chi connectivity index (χ2v) is 6.00. The number of aliphatic hydroxyl groups excluding tert-OH is 1. The van der Waals surface area contributed by atoms with Crippen LogP contribution >= 0.6 is 11.6 Å². The zero-order chi connectivity index (χ0) is 18.5. The van der Waals surface area contributed by atoms with E-state index in [4.69, 9.17) is 21.4 Å². The maximum absolute atomic E-state index is 12.5. The first-order chi connectivity index (χ1) is 12.6. The Hall–Kier alpha value is -2.89. The van der Waals surface area contributed by atoms with Gasteiger partial charge in [0.05, 0.1) is 25.6 Å². The molecule has 0 aliphatic carbocycles. The molecule has 0 saturated heterocycles. The predicted molar refractivity (Wildman–Crippen MR) is 102 cm³/mol. The van der Waals surface area contributed by atoms with Crippen molar-refractivity contribution in [1.29, 1.82) is 0 Å². The number of pyridine rings is 1. The number of aromatic nitrogens is 1. The quantitative estimate of drug-likeness (QED) is 0.709. The van der Waals surface area contributed by atoms with Crippen LogP contribution in [-0.4, -0.2) is 23.1 Å². The summed E-state index contributed by atoms with van der Waals surface area (Å²) < 4.78 is 5.00. The first-order valence-corrected chi connectivity index (χ1v) is 8.29. The average molecular weight is 369 g/mol. The highest BCUT2D eigenvalue weighted by Crippen LogP contribution is 2.29. The lowest BCUT2D eigenvalue weighted by Crippen LogP contribution is -2.12. The van der Waals surface area contributed by atoms with E-state index in [1.165, 1.54) is 13.3 Å². The molecular weight excluding hydrogens is 352 g/mol. The number of amides is 1. The second kappa shape index (κ2) is 7.99. The zero-order valence-corrected chi connectivity index (χ0v) is 14.8. The van der Waals surface area contributed by atoms with Gasteiger partial charge < -0.3 is 15.2 Å². The van der Waals surface area contributed by atoms with Gasteiger partial charge in [-0.2, -0.15) is 0 Å². The van der Waals surface area contributed by atoms with Crippen LogP contribution in [0.5, 0.6) is 5.88 Å². The molecule has 26 heavy (non-hydrogen) atoms. The van der Waals surface area contributed by atoms with Crippen LogP contribution in [0.2, 0.25) is 5.02 Å². The molecule has 132 valence electrons. The Balaban J connectivity index is 1.84. The van der Waals surface area contributed by atoms with Gasteiger partial charge in [0, 0.05) is 22.2 Å². The summed E-state index contributed by atoms with van der Waals surface area (Å²) >= 11 is 6.30. The summed E-state index contributed by atoms with van der Waals surface area (Å²) in [5, 5.41) is 12.5. The van der Waals surface area contributed by atoms with Gasteiger partial charge in [-0.1, -0.05) is 35.9 Å². The van der Waals surface area contributed by atoms with E-state index in [0.29, 0.717) is 22.2 Å². The number of hydrogen-bond donors (Lipinski definition) is 2. The van der Waals surface area contributed by atoms with E-state index in [-0.39, 0.29) is 12.5 Å². The van der Waals surface area contributed by atoms with Gasteiger partial charge in [0.25, 0.3) is 5.91 Å². The van der Waals surface area contributed by atoms with E-state index in [2.05, 4.69) is 10.3 Å². The highest BCUT2D eigenvalue weighted by atomic mass is 35.5. The van der Waals surface area contributed by atoms with Crippen LogP contribution in [0.1, 0.15) is 15.9 Å². The molecule has 0 radical (unpaired) electrons. The maximum atomic E-state index is 12.5. The van der Waals surface area contributed by atoms with Gasteiger partial charge in [-0.3, -0.25) is 4.79 Å². The third-order valence-electron chi connectivity index (χ3n) is 3.88. The highest BCUT2D eigenvalue weighted by Gasteiger charge is 2.11. The Morgan fingerprint density at radius 2 is 1.92 bits per heavy atom. The SMILES string of the molecule is COc1ccc(NC(=O)c2ccc(Cl)c(-c3ccc(CO)cc3)c2)cn1. The molecule has 6 heteroatoms. The minimum Gasteiger partial charge on any atom is -0.481 e. The molecule has 3 aromatic rings. The Kier molecular flexibility index (Phi) is 5.51. The fourth-order valence-electron chi connectivity index (χ4n) is 2.46. The number of nitrogens with one attached hydrogen (secondary N) is 1. The van der Waals surface area contributed by atoms with Crippen LogP contribution in [0.3, 0.4) is 0 Å². The average Bonchev–Trinajstić information content (AvgIpc) is 2.69. The van der Waals surface area contributed by atoms with E-state index < -0.39 is 0 Å². The molecule has 3 rings (SSSR count). The van der Waals surface area contributed by atoms with Crippen LogP contribution in [0.15, 0.2) is 60.8 Å². The summed E-state index contributed by atoms with van der Waals surface area (Å²) in [6, 6.07) is 15.9. The fourth-order valence-corrected chi connectivity index (χ4v) is 2.68. The van der Waals surface area contributed by atoms with Gasteiger partial charge in [0.15, 0.2) is 0 Å². The molecule has 5 nitrogen and oxygen atoms in total. The van der Waals surface area contributed by atoms with Crippen LogP contribution in [0.4, 0.5) is 5.69 Å². The molecule has 0 unspecified atom stereocenters. The largest absolute Gasteiger partial charge is 0.481 e. The number of ether oxygens (including phenoxy) is 1. The number of halogens is 1. The molecule has 0 atom stereocenters. The lowest BCUT2D eigenvalue weighted by Gasteiger charge is -2.10. The molecule has 2 N–H and O–H groups in total. The van der Waals surface area contributed by atoms with Gasteiger partial charge in [-0.25, -0.2) is 4.98 Å². The van der Waals surface area contributed by atoms with E-state index in [1.54, 1.807) is 30.3 Å². The normalized spacial score (nSPS) is 10.4. The molecular formula is C20H17ClN2O3. The van der Waals surface area contributed by atoms with Gasteiger partial charge in [-0.15, -0.1) is 0 Å². The Labute approximate surface area is 156 Å². The van der Waals surface area contributed by atoms with Crippen LogP contribution < -0.4 is 10.1 Å². The van der Waals surface area contributed by atoms with Crippen molar-refractivity contribution < 1.29 is 14.6 Å². The predicted octanol–water partition coefficient (Wildman–Crippen LogP) is 4.16. The number of benzene rings is 2. The van der Waals surface area contributed by atoms with Crippen molar-refractivity contribution in [2.75, 3.05) is 12.4 Å². The first-order valence-electron chi connectivity index (χ1n) is 7.92. The Morgan fingerprint density at radius 1 is 1.15 bits per heavy atom. The minimum absolute atomic E-state index is 0.0215. The lowest BCUT2D eigenvalue weighted by molar-refractivity contribution is 0.102. The third kappa shape index (κ3) is 4.02. The van der Waals surface area contributed by atoms with Crippen molar-refractivity contribution in [2.24, 2.45) is 0 Å². The van der Waals surface area contributed by atoms with Crippen molar-refractivity contribution in [1.82, 2.24) is 4.98 Å². The standard InChI is InChI=1S/C20H17ClN2O3/c1-26-19-9-7-16(11-22-19)23-20(25)15-6-8-18(21)17(10-15)14-4-2-13(12-24)3-5-14/h2-11,24H,12H2,1H3,(H,23,25). The van der Waals surface area contributed by atoms with Crippen molar-refractivity contribution in [2.45, 2.75) is 6.61 Å². The molecule has 0 spiro atoms. The van der Waals surface area contributed by atoms with Gasteiger partial charge in [0.2, 0.25) is 5.88 Å². The molecule has 1 aromatic heterocycles. The molecule has 1 amide bonds. The van der Waals surface area contributed by atoms with Crippen LogP contribution in [0, 0.1) is 0 Å². The van der Waals surface area contributed by atoms with Gasteiger partial charge >= 0.3 is 0 Å². The highest BCUT2D eigenvalue weighted by molar-refractivity contribution is 6.33. The van der Waals surface area contributed by atoms with Crippen LogP contribution in [-0.2, 0) is 6.61 Å². The monoisotopic (exact) mass is 368 g/mol. The van der Waals surface area contributed by atoms with E-state index >= 15 is 0 Å². The van der Waals surface area contributed by atoms with Crippen molar-refractivity contribution in [3.05, 3.63) is 76.9 Å². The van der Waals surface area contributed by atoms with Gasteiger partial charge in [-0.05, 0) is 35.4 Å². The molecule has 0 saturated carbocycles. The van der Waals surface area contributed by atoms with Crippen molar-refractivity contribution in [3.8, 4) is 17.0 Å². The Morgan fingerprint density at radius 3 is 2.54 bits per heavy atom. The molecule has 2 aromatic carbocycles. The molecule has 1 heterocycles. The fraction of sp³-hybridized carbons (Fsp3) is 0.100. The first kappa shape index (κ1) is 17.9. The second-order valence-electron chi connectivity index (χ2n) is 5.59. The number of rotatable bonds is 5. The van der Waals surface area contributed by atoms with E-state index in [0.717, 1.165) is 16.7 Å². The summed E-state index contributed by atoms with van der Waals surface area (Å²) in [6.07, 6.45) is 1.53. The number of hydrogen-bond acceptors (Lipinski definition) is 4. The molecule has 0 fully saturated rings. The molecule has 0 aliphatic rings. The minimum atomic E-state index is -0.262. The number of carbonyl (C=O) groups excluding carboxylic acids is 1. The maximum Gasteiger partial charge on any atom is 0.255 e. The summed E-state index contributed by atoms with van der Waals surface area (Å²) in [6.45, 7) is -0.0215. The summed E-state index contributed by atoms with van der Waals surface area (Å²) in [5.74, 6) is 0.213. The number of anilines is 1.